The standard InChI is InChI=1S/C13H16N4O2.ClH/c14-13(15)17(6-3-7-18)12(19)11-8-9-4-1-2-5-10(9)16-11;/h1-2,4-5,8,16,18H,3,6-7H2,(H3,14,15);1H. The molecule has 5 N–H and O–H groups in total. The first kappa shape index (κ1) is 16.0. The molecule has 0 saturated carbocycles. The van der Waals surface area contributed by atoms with Crippen molar-refractivity contribution in [3.63, 3.8) is 0 Å². The number of aromatic amines is 1. The molecule has 0 fully saturated rings. The Morgan fingerprint density at radius 3 is 2.70 bits per heavy atom. The van der Waals surface area contributed by atoms with E-state index in [0.29, 0.717) is 12.1 Å². The first-order chi connectivity index (χ1) is 9.13. The first-order valence-electron chi connectivity index (χ1n) is 5.98. The van der Waals surface area contributed by atoms with Crippen molar-refractivity contribution in [2.75, 3.05) is 13.2 Å². The molecule has 2 aromatic rings. The van der Waals surface area contributed by atoms with E-state index in [1.165, 1.54) is 0 Å². The van der Waals surface area contributed by atoms with Crippen molar-refractivity contribution in [1.82, 2.24) is 9.88 Å². The van der Waals surface area contributed by atoms with Gasteiger partial charge < -0.3 is 15.8 Å². The number of guanidine groups is 1. The summed E-state index contributed by atoms with van der Waals surface area (Å²) in [4.78, 5) is 16.4. The van der Waals surface area contributed by atoms with Crippen LogP contribution in [-0.4, -0.2) is 40.0 Å². The fourth-order valence-electron chi connectivity index (χ4n) is 1.89. The van der Waals surface area contributed by atoms with Gasteiger partial charge in [-0.05, 0) is 18.6 Å². The number of aliphatic hydroxyl groups is 1. The van der Waals surface area contributed by atoms with Crippen molar-refractivity contribution in [3.8, 4) is 0 Å². The van der Waals surface area contributed by atoms with E-state index in [4.69, 9.17) is 16.2 Å². The van der Waals surface area contributed by atoms with Crippen LogP contribution in [0, 0.1) is 5.41 Å². The third kappa shape index (κ3) is 3.28. The van der Waals surface area contributed by atoms with E-state index in [1.54, 1.807) is 6.07 Å². The molecule has 1 aromatic carbocycles. The summed E-state index contributed by atoms with van der Waals surface area (Å²) in [7, 11) is 0. The molecule has 1 aromatic heterocycles. The predicted octanol–water partition coefficient (Wildman–Crippen LogP) is 1.31. The van der Waals surface area contributed by atoms with Crippen LogP contribution in [0.4, 0.5) is 0 Å². The van der Waals surface area contributed by atoms with E-state index in [-0.39, 0.29) is 37.4 Å². The van der Waals surface area contributed by atoms with Crippen molar-refractivity contribution < 1.29 is 9.90 Å². The number of halogens is 1. The summed E-state index contributed by atoms with van der Waals surface area (Å²) in [6.07, 6.45) is 0.381. The summed E-state index contributed by atoms with van der Waals surface area (Å²) in [5, 5.41) is 17.2. The number of aromatic nitrogens is 1. The molecule has 0 atom stereocenters. The van der Waals surface area contributed by atoms with Crippen molar-refractivity contribution in [3.05, 3.63) is 36.0 Å². The highest BCUT2D eigenvalue weighted by atomic mass is 35.5. The fourth-order valence-corrected chi connectivity index (χ4v) is 1.89. The zero-order valence-electron chi connectivity index (χ0n) is 10.8. The molecule has 0 radical (unpaired) electrons. The maximum Gasteiger partial charge on any atom is 0.276 e. The van der Waals surface area contributed by atoms with Crippen LogP contribution in [0.5, 0.6) is 0 Å². The normalized spacial score (nSPS) is 10.1. The zero-order valence-corrected chi connectivity index (χ0v) is 11.6. The summed E-state index contributed by atoms with van der Waals surface area (Å²) < 4.78 is 0. The van der Waals surface area contributed by atoms with Gasteiger partial charge in [-0.15, -0.1) is 12.4 Å². The number of benzene rings is 1. The predicted molar refractivity (Wildman–Crippen MR) is 80.2 cm³/mol. The van der Waals surface area contributed by atoms with Gasteiger partial charge >= 0.3 is 0 Å². The maximum absolute atomic E-state index is 12.3. The van der Waals surface area contributed by atoms with Gasteiger partial charge in [0, 0.05) is 24.1 Å². The lowest BCUT2D eigenvalue weighted by molar-refractivity contribution is 0.0833. The molecule has 0 bridgehead atoms. The maximum atomic E-state index is 12.3. The van der Waals surface area contributed by atoms with Crippen LogP contribution in [-0.2, 0) is 0 Å². The smallest absolute Gasteiger partial charge is 0.276 e. The van der Waals surface area contributed by atoms with Crippen LogP contribution in [0.2, 0.25) is 0 Å². The second-order valence-corrected chi connectivity index (χ2v) is 4.19. The van der Waals surface area contributed by atoms with Crippen molar-refractivity contribution in [2.24, 2.45) is 5.73 Å². The van der Waals surface area contributed by atoms with Gasteiger partial charge in [-0.1, -0.05) is 18.2 Å². The van der Waals surface area contributed by atoms with Gasteiger partial charge in [-0.2, -0.15) is 0 Å². The minimum atomic E-state index is -0.364. The molecule has 1 amide bonds. The second kappa shape index (κ2) is 6.93. The molecule has 0 saturated heterocycles. The van der Waals surface area contributed by atoms with E-state index in [1.807, 2.05) is 24.3 Å². The number of H-pyrrole nitrogens is 1. The Balaban J connectivity index is 0.00000200. The molecule has 108 valence electrons. The van der Waals surface area contributed by atoms with Crippen LogP contribution >= 0.6 is 12.4 Å². The van der Waals surface area contributed by atoms with E-state index in [2.05, 4.69) is 4.98 Å². The summed E-state index contributed by atoms with van der Waals surface area (Å²) in [6.45, 7) is 0.170. The number of rotatable bonds is 4. The monoisotopic (exact) mass is 296 g/mol. The average Bonchev–Trinajstić information content (AvgIpc) is 2.82. The van der Waals surface area contributed by atoms with Crippen LogP contribution in [0.15, 0.2) is 30.3 Å². The number of nitrogens with two attached hydrogens (primary N) is 1. The molecule has 2 rings (SSSR count). The summed E-state index contributed by atoms with van der Waals surface area (Å²) in [6, 6.07) is 9.26. The lowest BCUT2D eigenvalue weighted by atomic mass is 10.2. The van der Waals surface area contributed by atoms with E-state index < -0.39 is 0 Å². The van der Waals surface area contributed by atoms with E-state index >= 15 is 0 Å². The second-order valence-electron chi connectivity index (χ2n) is 4.19. The SMILES string of the molecule is Cl.N=C(N)N(CCCO)C(=O)c1cc2ccccc2[nH]1. The van der Waals surface area contributed by atoms with Gasteiger partial charge in [0.15, 0.2) is 5.96 Å². The number of fused-ring (bicyclic) bond motifs is 1. The van der Waals surface area contributed by atoms with Crippen molar-refractivity contribution in [2.45, 2.75) is 6.42 Å². The third-order valence-electron chi connectivity index (χ3n) is 2.84. The fraction of sp³-hybridized carbons (Fsp3) is 0.231. The Hall–Kier alpha value is -2.05. The first-order valence-corrected chi connectivity index (χ1v) is 5.98. The van der Waals surface area contributed by atoms with E-state index in [0.717, 1.165) is 15.8 Å². The van der Waals surface area contributed by atoms with Crippen LogP contribution in [0.1, 0.15) is 16.9 Å². The number of para-hydroxylation sites is 1. The van der Waals surface area contributed by atoms with Gasteiger partial charge in [-0.3, -0.25) is 15.1 Å². The molecule has 1 heterocycles. The minimum Gasteiger partial charge on any atom is -0.396 e. The van der Waals surface area contributed by atoms with Crippen LogP contribution in [0.25, 0.3) is 10.9 Å². The Kier molecular flexibility index (Phi) is 5.54. The number of hydrogen-bond acceptors (Lipinski definition) is 3. The number of amides is 1. The molecule has 0 aliphatic heterocycles. The lowest BCUT2D eigenvalue weighted by Crippen LogP contribution is -2.42. The molecule has 6 nitrogen and oxygen atoms in total. The summed E-state index contributed by atoms with van der Waals surface area (Å²) >= 11 is 0. The van der Waals surface area contributed by atoms with Gasteiger partial charge in [-0.25, -0.2) is 0 Å². The molecular formula is C13H17ClN4O2. The number of carbonyl (C=O) groups is 1. The van der Waals surface area contributed by atoms with Crippen LogP contribution < -0.4 is 5.73 Å². The number of carbonyl (C=O) groups excluding carboxylic acids is 1. The number of nitrogens with zero attached hydrogens (tertiary/aromatic N) is 1. The lowest BCUT2D eigenvalue weighted by Gasteiger charge is -2.19. The number of nitrogens with one attached hydrogen (secondary N) is 2. The van der Waals surface area contributed by atoms with Gasteiger partial charge in [0.1, 0.15) is 5.69 Å². The Bertz CT molecular complexity index is 578. The minimum absolute atomic E-state index is 0. The summed E-state index contributed by atoms with van der Waals surface area (Å²) in [5.74, 6) is -0.686. The topological polar surface area (TPSA) is 106 Å². The van der Waals surface area contributed by atoms with Crippen molar-refractivity contribution in [1.29, 1.82) is 5.41 Å². The highest BCUT2D eigenvalue weighted by molar-refractivity contribution is 6.05. The number of hydrogen-bond donors (Lipinski definition) is 4. The Morgan fingerprint density at radius 1 is 1.40 bits per heavy atom. The molecule has 7 heteroatoms. The van der Waals surface area contributed by atoms with Crippen LogP contribution in [0.3, 0.4) is 0 Å². The van der Waals surface area contributed by atoms with Gasteiger partial charge in [0.05, 0.1) is 0 Å². The third-order valence-corrected chi connectivity index (χ3v) is 2.84. The summed E-state index contributed by atoms with van der Waals surface area (Å²) in [5.41, 5.74) is 6.64. The highest BCUT2D eigenvalue weighted by Gasteiger charge is 2.19. The average molecular weight is 297 g/mol. The van der Waals surface area contributed by atoms with Crippen molar-refractivity contribution >= 4 is 35.2 Å². The van der Waals surface area contributed by atoms with Gasteiger partial charge in [0.2, 0.25) is 0 Å². The van der Waals surface area contributed by atoms with Gasteiger partial charge in [0.25, 0.3) is 5.91 Å². The molecule has 0 aliphatic rings. The molecule has 0 aliphatic carbocycles. The number of aliphatic hydroxyl groups excluding tert-OH is 1. The molecule has 20 heavy (non-hydrogen) atoms. The Morgan fingerprint density at radius 2 is 2.10 bits per heavy atom. The quantitative estimate of drug-likeness (QED) is 0.505. The largest absolute Gasteiger partial charge is 0.396 e. The zero-order chi connectivity index (χ0) is 13.8. The van der Waals surface area contributed by atoms with E-state index in [9.17, 15) is 4.79 Å². The molecule has 0 unspecified atom stereocenters. The molecular weight excluding hydrogens is 280 g/mol. The molecule has 0 spiro atoms. The Labute approximate surface area is 122 Å². The highest BCUT2D eigenvalue weighted by Crippen LogP contribution is 2.16.